The molecule has 130 valence electrons. The molecule has 0 aromatic rings. The van der Waals surface area contributed by atoms with E-state index in [1.54, 1.807) is 0 Å². The van der Waals surface area contributed by atoms with Gasteiger partial charge >= 0.3 is 6.18 Å². The molecule has 22 heavy (non-hydrogen) atoms. The molecular formula is C15H26ClF3N2O. The molecular weight excluding hydrogens is 317 g/mol. The van der Waals surface area contributed by atoms with Gasteiger partial charge in [0.2, 0.25) is 5.91 Å². The monoisotopic (exact) mass is 342 g/mol. The molecule has 0 aromatic heterocycles. The first-order valence-corrected chi connectivity index (χ1v) is 7.98. The van der Waals surface area contributed by atoms with Crippen LogP contribution < -0.4 is 11.1 Å². The van der Waals surface area contributed by atoms with E-state index in [0.717, 1.165) is 25.7 Å². The Kier molecular flexibility index (Phi) is 7.46. The largest absolute Gasteiger partial charge is 0.392 e. The van der Waals surface area contributed by atoms with Gasteiger partial charge in [-0.15, -0.1) is 12.4 Å². The lowest BCUT2D eigenvalue weighted by molar-refractivity contribution is -0.195. The molecule has 1 amide bonds. The zero-order chi connectivity index (χ0) is 15.5. The first-order chi connectivity index (χ1) is 9.93. The van der Waals surface area contributed by atoms with Crippen LogP contribution in [0.2, 0.25) is 0 Å². The summed E-state index contributed by atoms with van der Waals surface area (Å²) in [5.41, 5.74) is 5.65. The van der Waals surface area contributed by atoms with Crippen molar-refractivity contribution in [3.8, 4) is 0 Å². The number of halogens is 4. The van der Waals surface area contributed by atoms with Gasteiger partial charge in [0.05, 0.1) is 5.92 Å². The number of nitrogens with two attached hydrogens (primary N) is 1. The maximum absolute atomic E-state index is 13.0. The molecule has 2 aliphatic carbocycles. The highest BCUT2D eigenvalue weighted by atomic mass is 35.5. The normalized spacial score (nSPS) is 32.4. The van der Waals surface area contributed by atoms with Gasteiger partial charge in [0.15, 0.2) is 0 Å². The summed E-state index contributed by atoms with van der Waals surface area (Å²) >= 11 is 0. The highest BCUT2D eigenvalue weighted by Crippen LogP contribution is 2.41. The molecule has 2 saturated carbocycles. The molecule has 0 aromatic carbocycles. The number of rotatable bonds is 4. The highest BCUT2D eigenvalue weighted by Gasteiger charge is 2.45. The maximum Gasteiger partial charge on any atom is 0.392 e. The first-order valence-electron chi connectivity index (χ1n) is 7.98. The van der Waals surface area contributed by atoms with E-state index >= 15 is 0 Å². The average molecular weight is 343 g/mol. The second-order valence-corrected chi connectivity index (χ2v) is 6.47. The third-order valence-electron chi connectivity index (χ3n) is 5.17. The third kappa shape index (κ3) is 4.75. The van der Waals surface area contributed by atoms with E-state index < -0.39 is 18.0 Å². The second kappa shape index (κ2) is 8.39. The quantitative estimate of drug-likeness (QED) is 0.823. The van der Waals surface area contributed by atoms with Crippen molar-refractivity contribution >= 4 is 18.3 Å². The summed E-state index contributed by atoms with van der Waals surface area (Å²) in [6.45, 7) is 0.628. The number of carbonyl (C=O) groups excluding carboxylic acids is 1. The van der Waals surface area contributed by atoms with E-state index in [-0.39, 0.29) is 43.1 Å². The molecule has 4 atom stereocenters. The van der Waals surface area contributed by atoms with Crippen LogP contribution in [0.15, 0.2) is 0 Å². The molecule has 0 aliphatic heterocycles. The van der Waals surface area contributed by atoms with Crippen molar-refractivity contribution in [3.63, 3.8) is 0 Å². The minimum atomic E-state index is -4.15. The molecule has 0 saturated heterocycles. The van der Waals surface area contributed by atoms with Gasteiger partial charge in [-0.3, -0.25) is 4.79 Å². The summed E-state index contributed by atoms with van der Waals surface area (Å²) in [4.78, 5) is 12.2. The van der Waals surface area contributed by atoms with Gasteiger partial charge in [0.25, 0.3) is 0 Å². The molecule has 2 aliphatic rings. The van der Waals surface area contributed by atoms with Gasteiger partial charge in [0.1, 0.15) is 0 Å². The molecule has 2 fully saturated rings. The predicted molar refractivity (Wildman–Crippen MR) is 81.6 cm³/mol. The predicted octanol–water partition coefficient (Wildman–Crippen LogP) is 3.27. The lowest BCUT2D eigenvalue weighted by Crippen LogP contribution is -2.42. The molecule has 0 spiro atoms. The lowest BCUT2D eigenvalue weighted by atomic mass is 9.78. The van der Waals surface area contributed by atoms with E-state index in [1.165, 1.54) is 0 Å². The van der Waals surface area contributed by atoms with Crippen molar-refractivity contribution < 1.29 is 18.0 Å². The highest BCUT2D eigenvalue weighted by molar-refractivity contribution is 5.85. The van der Waals surface area contributed by atoms with Crippen molar-refractivity contribution in [2.75, 3.05) is 13.1 Å². The van der Waals surface area contributed by atoms with E-state index in [4.69, 9.17) is 5.73 Å². The number of hydrogen-bond donors (Lipinski definition) is 2. The Morgan fingerprint density at radius 2 is 1.68 bits per heavy atom. The Morgan fingerprint density at radius 1 is 1.05 bits per heavy atom. The Balaban J connectivity index is 0.00000242. The summed E-state index contributed by atoms with van der Waals surface area (Å²) in [7, 11) is 0. The van der Waals surface area contributed by atoms with E-state index in [2.05, 4.69) is 5.32 Å². The van der Waals surface area contributed by atoms with Gasteiger partial charge < -0.3 is 11.1 Å². The number of nitrogens with one attached hydrogen (secondary N) is 1. The van der Waals surface area contributed by atoms with Gasteiger partial charge in [0, 0.05) is 12.5 Å². The van der Waals surface area contributed by atoms with Crippen LogP contribution in [0.1, 0.15) is 44.9 Å². The Labute approximate surface area is 136 Å². The zero-order valence-electron chi connectivity index (χ0n) is 12.7. The van der Waals surface area contributed by atoms with Crippen molar-refractivity contribution in [2.45, 2.75) is 51.1 Å². The molecule has 0 heterocycles. The minimum absolute atomic E-state index is 0. The number of carbonyl (C=O) groups is 1. The summed E-state index contributed by atoms with van der Waals surface area (Å²) in [5.74, 6) is -1.76. The summed E-state index contributed by atoms with van der Waals surface area (Å²) < 4.78 is 39.0. The van der Waals surface area contributed by atoms with Crippen LogP contribution in [0.5, 0.6) is 0 Å². The number of alkyl halides is 3. The Morgan fingerprint density at radius 3 is 2.32 bits per heavy atom. The fraction of sp³-hybridized carbons (Fsp3) is 0.933. The van der Waals surface area contributed by atoms with Gasteiger partial charge in [-0.2, -0.15) is 13.2 Å². The topological polar surface area (TPSA) is 55.1 Å². The second-order valence-electron chi connectivity index (χ2n) is 6.47. The summed E-state index contributed by atoms with van der Waals surface area (Å²) in [6.07, 6.45) is 0.782. The summed E-state index contributed by atoms with van der Waals surface area (Å²) in [5, 5.41) is 2.77. The zero-order valence-corrected chi connectivity index (χ0v) is 13.5. The smallest absolute Gasteiger partial charge is 0.356 e. The van der Waals surface area contributed by atoms with E-state index in [0.29, 0.717) is 19.4 Å². The third-order valence-corrected chi connectivity index (χ3v) is 5.17. The fourth-order valence-corrected chi connectivity index (χ4v) is 3.91. The minimum Gasteiger partial charge on any atom is -0.356 e. The van der Waals surface area contributed by atoms with Crippen molar-refractivity contribution in [1.29, 1.82) is 0 Å². The molecule has 0 radical (unpaired) electrons. The molecule has 0 bridgehead atoms. The van der Waals surface area contributed by atoms with Crippen molar-refractivity contribution in [1.82, 2.24) is 5.32 Å². The van der Waals surface area contributed by atoms with Crippen LogP contribution in [0.3, 0.4) is 0 Å². The SMILES string of the molecule is Cl.NC[C@H]1CCC[C@H]1C(=O)NCC1CCCCC1C(F)(F)F. The van der Waals surface area contributed by atoms with Crippen LogP contribution in [0, 0.1) is 23.7 Å². The standard InChI is InChI=1S/C15H25F3N2O.ClH/c16-15(17,18)13-7-2-1-4-11(13)9-20-14(21)12-6-3-5-10(12)8-19;/h10-13H,1-9,19H2,(H,20,21);1H/t10-,11?,12-,13?;/m1./s1. The van der Waals surface area contributed by atoms with Crippen LogP contribution in [0.4, 0.5) is 13.2 Å². The van der Waals surface area contributed by atoms with Gasteiger partial charge in [-0.1, -0.05) is 19.3 Å². The molecule has 3 nitrogen and oxygen atoms in total. The Bertz CT molecular complexity index is 365. The molecule has 7 heteroatoms. The van der Waals surface area contributed by atoms with Crippen molar-refractivity contribution in [2.24, 2.45) is 29.4 Å². The molecule has 2 unspecified atom stereocenters. The Hall–Kier alpha value is -0.490. The van der Waals surface area contributed by atoms with Gasteiger partial charge in [-0.25, -0.2) is 0 Å². The van der Waals surface area contributed by atoms with Crippen LogP contribution >= 0.6 is 12.4 Å². The average Bonchev–Trinajstić information content (AvgIpc) is 2.92. The van der Waals surface area contributed by atoms with Crippen LogP contribution in [-0.2, 0) is 4.79 Å². The first kappa shape index (κ1) is 19.6. The van der Waals surface area contributed by atoms with Crippen LogP contribution in [-0.4, -0.2) is 25.2 Å². The fourth-order valence-electron chi connectivity index (χ4n) is 3.91. The van der Waals surface area contributed by atoms with Gasteiger partial charge in [-0.05, 0) is 44.1 Å². The van der Waals surface area contributed by atoms with E-state index in [9.17, 15) is 18.0 Å². The molecule has 3 N–H and O–H groups in total. The number of amides is 1. The maximum atomic E-state index is 13.0. The number of hydrogen-bond acceptors (Lipinski definition) is 2. The molecule has 2 rings (SSSR count). The van der Waals surface area contributed by atoms with Crippen molar-refractivity contribution in [3.05, 3.63) is 0 Å². The summed E-state index contributed by atoms with van der Waals surface area (Å²) in [6, 6.07) is 0. The lowest BCUT2D eigenvalue weighted by Gasteiger charge is -2.33. The van der Waals surface area contributed by atoms with E-state index in [1.807, 2.05) is 0 Å². The van der Waals surface area contributed by atoms with Crippen LogP contribution in [0.25, 0.3) is 0 Å².